The van der Waals surface area contributed by atoms with Crippen LogP contribution in [0, 0.1) is 12.8 Å². The summed E-state index contributed by atoms with van der Waals surface area (Å²) in [4.78, 5) is 11.8. The van der Waals surface area contributed by atoms with Crippen LogP contribution in [0.15, 0.2) is 12.1 Å². The van der Waals surface area contributed by atoms with Crippen LogP contribution in [0.4, 0.5) is 5.69 Å². The van der Waals surface area contributed by atoms with Gasteiger partial charge in [-0.1, -0.05) is 0 Å². The molecule has 1 aliphatic carbocycles. The fourth-order valence-corrected chi connectivity index (χ4v) is 2.00. The van der Waals surface area contributed by atoms with E-state index in [9.17, 15) is 4.79 Å². The summed E-state index contributed by atoms with van der Waals surface area (Å²) in [5, 5.41) is 2.94. The van der Waals surface area contributed by atoms with E-state index in [1.54, 1.807) is 0 Å². The van der Waals surface area contributed by atoms with E-state index < -0.39 is 0 Å². The first-order valence-corrected chi connectivity index (χ1v) is 6.86. The molecule has 2 rings (SSSR count). The first-order valence-electron chi connectivity index (χ1n) is 6.86. The smallest absolute Gasteiger partial charge is 0.227 e. The molecular formula is C15H21NO3. The third kappa shape index (κ3) is 3.40. The number of hydrogen-bond acceptors (Lipinski definition) is 3. The summed E-state index contributed by atoms with van der Waals surface area (Å²) in [6.07, 6.45) is 2.00. The van der Waals surface area contributed by atoms with Crippen molar-refractivity contribution in [2.24, 2.45) is 5.92 Å². The van der Waals surface area contributed by atoms with E-state index in [1.165, 1.54) is 0 Å². The summed E-state index contributed by atoms with van der Waals surface area (Å²) in [5.74, 6) is 1.75. The summed E-state index contributed by atoms with van der Waals surface area (Å²) < 4.78 is 11.2. The fraction of sp³-hybridized carbons (Fsp3) is 0.533. The quantitative estimate of drug-likeness (QED) is 0.857. The van der Waals surface area contributed by atoms with E-state index in [0.29, 0.717) is 19.0 Å². The molecule has 4 heteroatoms. The maximum atomic E-state index is 11.8. The van der Waals surface area contributed by atoms with Crippen LogP contribution in [0.5, 0.6) is 11.5 Å². The first kappa shape index (κ1) is 13.7. The minimum absolute atomic E-state index is 0.103. The Morgan fingerprint density at radius 3 is 2.53 bits per heavy atom. The van der Waals surface area contributed by atoms with Crippen LogP contribution in [-0.4, -0.2) is 19.1 Å². The van der Waals surface area contributed by atoms with Crippen molar-refractivity contribution in [1.29, 1.82) is 0 Å². The highest BCUT2D eigenvalue weighted by Gasteiger charge is 2.29. The van der Waals surface area contributed by atoms with Crippen molar-refractivity contribution in [3.8, 4) is 11.5 Å². The van der Waals surface area contributed by atoms with Gasteiger partial charge in [-0.2, -0.15) is 0 Å². The highest BCUT2D eigenvalue weighted by atomic mass is 16.5. The Kier molecular flexibility index (Phi) is 4.30. The number of carbonyl (C=O) groups excluding carboxylic acids is 1. The van der Waals surface area contributed by atoms with E-state index in [1.807, 2.05) is 32.9 Å². The van der Waals surface area contributed by atoms with Crippen LogP contribution in [0.3, 0.4) is 0 Å². The molecule has 0 unspecified atom stereocenters. The predicted molar refractivity (Wildman–Crippen MR) is 74.9 cm³/mol. The number of rotatable bonds is 6. The molecule has 19 heavy (non-hydrogen) atoms. The second-order valence-corrected chi connectivity index (χ2v) is 4.75. The minimum atomic E-state index is 0.103. The Morgan fingerprint density at radius 1 is 1.26 bits per heavy atom. The number of nitrogens with one attached hydrogen (secondary N) is 1. The molecule has 0 heterocycles. The molecular weight excluding hydrogens is 242 g/mol. The Labute approximate surface area is 114 Å². The Balaban J connectivity index is 2.21. The molecule has 1 amide bonds. The zero-order chi connectivity index (χ0) is 13.8. The summed E-state index contributed by atoms with van der Waals surface area (Å²) in [5.41, 5.74) is 1.75. The van der Waals surface area contributed by atoms with Crippen LogP contribution >= 0.6 is 0 Å². The average Bonchev–Trinajstić information content (AvgIpc) is 3.18. The van der Waals surface area contributed by atoms with E-state index in [0.717, 1.165) is 29.8 Å². The molecule has 1 saturated carbocycles. The minimum Gasteiger partial charge on any atom is -0.490 e. The summed E-state index contributed by atoms with van der Waals surface area (Å²) in [6, 6.07) is 3.76. The van der Waals surface area contributed by atoms with Gasteiger partial charge in [0.25, 0.3) is 0 Å². The van der Waals surface area contributed by atoms with Crippen molar-refractivity contribution in [3.63, 3.8) is 0 Å². The molecule has 0 atom stereocenters. The van der Waals surface area contributed by atoms with Crippen LogP contribution in [0.2, 0.25) is 0 Å². The molecule has 0 spiro atoms. The SMILES string of the molecule is CCOc1cc(NC(=O)C2CC2)cc(C)c1OCC. The van der Waals surface area contributed by atoms with E-state index in [4.69, 9.17) is 9.47 Å². The molecule has 0 radical (unpaired) electrons. The van der Waals surface area contributed by atoms with Gasteiger partial charge in [-0.05, 0) is 45.2 Å². The lowest BCUT2D eigenvalue weighted by atomic mass is 10.1. The maximum Gasteiger partial charge on any atom is 0.227 e. The van der Waals surface area contributed by atoms with Crippen molar-refractivity contribution >= 4 is 11.6 Å². The predicted octanol–water partition coefficient (Wildman–Crippen LogP) is 3.14. The molecule has 104 valence electrons. The summed E-state index contributed by atoms with van der Waals surface area (Å²) >= 11 is 0. The number of hydrogen-bond donors (Lipinski definition) is 1. The maximum absolute atomic E-state index is 11.8. The van der Waals surface area contributed by atoms with Gasteiger partial charge in [0.1, 0.15) is 0 Å². The number of ether oxygens (including phenoxy) is 2. The molecule has 1 aromatic carbocycles. The second-order valence-electron chi connectivity index (χ2n) is 4.75. The lowest BCUT2D eigenvalue weighted by Crippen LogP contribution is -2.13. The molecule has 1 N–H and O–H groups in total. The zero-order valence-corrected chi connectivity index (χ0v) is 11.8. The van der Waals surface area contributed by atoms with E-state index in [2.05, 4.69) is 5.32 Å². The van der Waals surface area contributed by atoms with Crippen molar-refractivity contribution in [2.45, 2.75) is 33.6 Å². The number of carbonyl (C=O) groups is 1. The largest absolute Gasteiger partial charge is 0.490 e. The first-order chi connectivity index (χ1) is 9.15. The molecule has 1 fully saturated rings. The van der Waals surface area contributed by atoms with Crippen LogP contribution in [0.1, 0.15) is 32.3 Å². The van der Waals surface area contributed by atoms with E-state index >= 15 is 0 Å². The van der Waals surface area contributed by atoms with Crippen molar-refractivity contribution in [3.05, 3.63) is 17.7 Å². The van der Waals surface area contributed by atoms with Gasteiger partial charge in [0, 0.05) is 17.7 Å². The Morgan fingerprint density at radius 2 is 1.95 bits per heavy atom. The standard InChI is InChI=1S/C15H21NO3/c1-4-18-13-9-12(16-15(17)11-6-7-11)8-10(3)14(13)19-5-2/h8-9,11H,4-7H2,1-3H3,(H,16,17). The van der Waals surface area contributed by atoms with Gasteiger partial charge in [0.05, 0.1) is 13.2 Å². The van der Waals surface area contributed by atoms with Crippen LogP contribution < -0.4 is 14.8 Å². The van der Waals surface area contributed by atoms with Gasteiger partial charge < -0.3 is 14.8 Å². The molecule has 0 aliphatic heterocycles. The summed E-state index contributed by atoms with van der Waals surface area (Å²) in [6.45, 7) is 6.99. The fourth-order valence-electron chi connectivity index (χ4n) is 2.00. The Bertz CT molecular complexity index is 467. The lowest BCUT2D eigenvalue weighted by Gasteiger charge is -2.15. The van der Waals surface area contributed by atoms with Crippen molar-refractivity contribution in [1.82, 2.24) is 0 Å². The highest BCUT2D eigenvalue weighted by Crippen LogP contribution is 2.36. The van der Waals surface area contributed by atoms with Gasteiger partial charge in [0.15, 0.2) is 11.5 Å². The third-order valence-corrected chi connectivity index (χ3v) is 3.04. The van der Waals surface area contributed by atoms with Crippen molar-refractivity contribution < 1.29 is 14.3 Å². The topological polar surface area (TPSA) is 47.6 Å². The molecule has 0 aromatic heterocycles. The van der Waals surface area contributed by atoms with Crippen molar-refractivity contribution in [2.75, 3.05) is 18.5 Å². The molecule has 4 nitrogen and oxygen atoms in total. The number of anilines is 1. The van der Waals surface area contributed by atoms with Gasteiger partial charge in [-0.3, -0.25) is 4.79 Å². The monoisotopic (exact) mass is 263 g/mol. The second kappa shape index (κ2) is 5.95. The average molecular weight is 263 g/mol. The van der Waals surface area contributed by atoms with Gasteiger partial charge >= 0.3 is 0 Å². The van der Waals surface area contributed by atoms with Gasteiger partial charge in [-0.25, -0.2) is 0 Å². The van der Waals surface area contributed by atoms with Gasteiger partial charge in [0.2, 0.25) is 5.91 Å². The highest BCUT2D eigenvalue weighted by molar-refractivity contribution is 5.94. The normalized spacial score (nSPS) is 14.1. The van der Waals surface area contributed by atoms with Gasteiger partial charge in [-0.15, -0.1) is 0 Å². The van der Waals surface area contributed by atoms with E-state index in [-0.39, 0.29) is 11.8 Å². The molecule has 0 bridgehead atoms. The van der Waals surface area contributed by atoms with Crippen LogP contribution in [-0.2, 0) is 4.79 Å². The molecule has 1 aliphatic rings. The molecule has 0 saturated heterocycles. The molecule has 1 aromatic rings. The lowest BCUT2D eigenvalue weighted by molar-refractivity contribution is -0.117. The number of aryl methyl sites for hydroxylation is 1. The zero-order valence-electron chi connectivity index (χ0n) is 11.8. The Hall–Kier alpha value is -1.71. The third-order valence-electron chi connectivity index (χ3n) is 3.04. The summed E-state index contributed by atoms with van der Waals surface area (Å²) in [7, 11) is 0. The van der Waals surface area contributed by atoms with Crippen LogP contribution in [0.25, 0.3) is 0 Å². The number of amides is 1. The number of benzene rings is 1.